The maximum absolute atomic E-state index is 9.94. The Labute approximate surface area is 74.0 Å². The number of nitrogens with one attached hydrogen (secondary N) is 1. The predicted octanol–water partition coefficient (Wildman–Crippen LogP) is 0.804. The van der Waals surface area contributed by atoms with E-state index in [2.05, 4.69) is 11.9 Å². The zero-order valence-corrected chi connectivity index (χ0v) is 7.62. The van der Waals surface area contributed by atoms with Crippen molar-refractivity contribution in [3.8, 4) is 0 Å². The molecule has 2 unspecified atom stereocenters. The van der Waals surface area contributed by atoms with Gasteiger partial charge in [0.2, 0.25) is 6.41 Å². The fraction of sp³-hybridized carbons (Fsp3) is 0.667. The van der Waals surface area contributed by atoms with Crippen molar-refractivity contribution in [2.24, 2.45) is 5.73 Å². The van der Waals surface area contributed by atoms with Crippen LogP contribution in [-0.4, -0.2) is 18.5 Å². The van der Waals surface area contributed by atoms with Crippen LogP contribution in [0, 0.1) is 0 Å². The van der Waals surface area contributed by atoms with Crippen molar-refractivity contribution in [1.82, 2.24) is 5.32 Å². The van der Waals surface area contributed by atoms with Crippen LogP contribution >= 0.6 is 0 Å². The summed E-state index contributed by atoms with van der Waals surface area (Å²) in [6.07, 6.45) is 5.72. The molecule has 3 nitrogen and oxygen atoms in total. The van der Waals surface area contributed by atoms with Crippen molar-refractivity contribution in [2.75, 3.05) is 0 Å². The van der Waals surface area contributed by atoms with E-state index in [-0.39, 0.29) is 12.1 Å². The van der Waals surface area contributed by atoms with Gasteiger partial charge in [-0.2, -0.15) is 0 Å². The molecule has 0 heterocycles. The molecule has 3 N–H and O–H groups in total. The van der Waals surface area contributed by atoms with Gasteiger partial charge in [-0.25, -0.2) is 0 Å². The monoisotopic (exact) mass is 170 g/mol. The molecule has 0 aromatic carbocycles. The SMILES string of the molecule is C=CC.NC1CCCC1NC=O. The normalized spacial score (nSPS) is 26.8. The van der Waals surface area contributed by atoms with Gasteiger partial charge in [0, 0.05) is 12.1 Å². The fourth-order valence-electron chi connectivity index (χ4n) is 1.28. The third-order valence-electron chi connectivity index (χ3n) is 1.85. The van der Waals surface area contributed by atoms with E-state index in [1.54, 1.807) is 6.08 Å². The molecule has 1 fully saturated rings. The molecule has 1 amide bonds. The number of hydrogen-bond acceptors (Lipinski definition) is 2. The molecular formula is C9H18N2O. The van der Waals surface area contributed by atoms with Gasteiger partial charge in [0.15, 0.2) is 0 Å². The van der Waals surface area contributed by atoms with Crippen LogP contribution in [0.3, 0.4) is 0 Å². The van der Waals surface area contributed by atoms with Gasteiger partial charge in [0.25, 0.3) is 0 Å². The average Bonchev–Trinajstić information content (AvgIpc) is 2.39. The standard InChI is InChI=1S/C6H12N2O.C3H6/c7-5-2-1-3-6(5)8-4-9;1-3-2/h4-6H,1-3,7H2,(H,8,9);3H,1H2,2H3. The lowest BCUT2D eigenvalue weighted by Crippen LogP contribution is -2.39. The Balaban J connectivity index is 0.000000354. The van der Waals surface area contributed by atoms with Crippen LogP contribution in [0.5, 0.6) is 0 Å². The molecule has 1 saturated carbocycles. The second kappa shape index (κ2) is 6.85. The number of rotatable bonds is 2. The Hall–Kier alpha value is -0.830. The Morgan fingerprint density at radius 1 is 1.58 bits per heavy atom. The Bertz CT molecular complexity index is 136. The molecule has 0 radical (unpaired) electrons. The van der Waals surface area contributed by atoms with E-state index < -0.39 is 0 Å². The molecule has 0 saturated heterocycles. The smallest absolute Gasteiger partial charge is 0.207 e. The molecule has 0 aliphatic heterocycles. The molecule has 3 heteroatoms. The maximum atomic E-state index is 9.94. The summed E-state index contributed by atoms with van der Waals surface area (Å²) in [5.41, 5.74) is 5.64. The van der Waals surface area contributed by atoms with Crippen LogP contribution < -0.4 is 11.1 Å². The van der Waals surface area contributed by atoms with Gasteiger partial charge in [0.05, 0.1) is 0 Å². The Morgan fingerprint density at radius 2 is 2.17 bits per heavy atom. The molecule has 1 aliphatic rings. The molecular weight excluding hydrogens is 152 g/mol. The van der Waals surface area contributed by atoms with Gasteiger partial charge in [-0.05, 0) is 26.2 Å². The van der Waals surface area contributed by atoms with Crippen molar-refractivity contribution in [2.45, 2.75) is 38.3 Å². The van der Waals surface area contributed by atoms with Gasteiger partial charge in [-0.15, -0.1) is 6.58 Å². The molecule has 1 rings (SSSR count). The quantitative estimate of drug-likeness (QED) is 0.476. The minimum absolute atomic E-state index is 0.190. The summed E-state index contributed by atoms with van der Waals surface area (Å²) >= 11 is 0. The van der Waals surface area contributed by atoms with Crippen LogP contribution in [0.15, 0.2) is 12.7 Å². The van der Waals surface area contributed by atoms with Crippen molar-refractivity contribution >= 4 is 6.41 Å². The number of amides is 1. The molecule has 12 heavy (non-hydrogen) atoms. The van der Waals surface area contributed by atoms with Crippen LogP contribution in [0.2, 0.25) is 0 Å². The number of carbonyl (C=O) groups is 1. The number of carbonyl (C=O) groups excluding carboxylic acids is 1. The first-order valence-corrected chi connectivity index (χ1v) is 4.28. The Kier molecular flexibility index (Phi) is 6.38. The molecule has 0 aromatic rings. The second-order valence-electron chi connectivity index (χ2n) is 2.89. The highest BCUT2D eigenvalue weighted by atomic mass is 16.1. The zero-order valence-electron chi connectivity index (χ0n) is 7.62. The van der Waals surface area contributed by atoms with E-state index in [1.807, 2.05) is 6.92 Å². The molecule has 0 spiro atoms. The van der Waals surface area contributed by atoms with Gasteiger partial charge in [-0.1, -0.05) is 6.08 Å². The first-order chi connectivity index (χ1) is 5.76. The largest absolute Gasteiger partial charge is 0.354 e. The molecule has 0 bridgehead atoms. The summed E-state index contributed by atoms with van der Waals surface area (Å²) in [5.74, 6) is 0. The van der Waals surface area contributed by atoms with E-state index in [0.717, 1.165) is 25.7 Å². The topological polar surface area (TPSA) is 55.1 Å². The van der Waals surface area contributed by atoms with E-state index >= 15 is 0 Å². The number of hydrogen-bond donors (Lipinski definition) is 2. The second-order valence-corrected chi connectivity index (χ2v) is 2.89. The van der Waals surface area contributed by atoms with Gasteiger partial charge in [-0.3, -0.25) is 4.79 Å². The highest BCUT2D eigenvalue weighted by Crippen LogP contribution is 2.15. The first-order valence-electron chi connectivity index (χ1n) is 4.28. The summed E-state index contributed by atoms with van der Waals surface area (Å²) in [6, 6.07) is 0.428. The number of allylic oxidation sites excluding steroid dienone is 1. The number of nitrogens with two attached hydrogens (primary N) is 1. The summed E-state index contributed by atoms with van der Waals surface area (Å²) in [6.45, 7) is 5.25. The molecule has 70 valence electrons. The summed E-state index contributed by atoms with van der Waals surface area (Å²) < 4.78 is 0. The molecule has 2 atom stereocenters. The highest BCUT2D eigenvalue weighted by molar-refractivity contribution is 5.47. The lowest BCUT2D eigenvalue weighted by molar-refractivity contribution is -0.110. The lowest BCUT2D eigenvalue weighted by Gasteiger charge is -2.12. The van der Waals surface area contributed by atoms with Crippen molar-refractivity contribution < 1.29 is 4.79 Å². The van der Waals surface area contributed by atoms with Gasteiger partial charge >= 0.3 is 0 Å². The van der Waals surface area contributed by atoms with Crippen molar-refractivity contribution in [3.05, 3.63) is 12.7 Å². The van der Waals surface area contributed by atoms with Gasteiger partial charge < -0.3 is 11.1 Å². The van der Waals surface area contributed by atoms with Crippen LogP contribution in [0.4, 0.5) is 0 Å². The minimum atomic E-state index is 0.190. The van der Waals surface area contributed by atoms with E-state index in [4.69, 9.17) is 5.73 Å². The summed E-state index contributed by atoms with van der Waals surface area (Å²) in [4.78, 5) is 9.94. The molecule has 0 aromatic heterocycles. The maximum Gasteiger partial charge on any atom is 0.207 e. The van der Waals surface area contributed by atoms with Crippen LogP contribution in [0.1, 0.15) is 26.2 Å². The van der Waals surface area contributed by atoms with E-state index in [1.165, 1.54) is 0 Å². The third kappa shape index (κ3) is 4.13. The van der Waals surface area contributed by atoms with Crippen molar-refractivity contribution in [1.29, 1.82) is 0 Å². The molecule has 1 aliphatic carbocycles. The fourth-order valence-corrected chi connectivity index (χ4v) is 1.28. The van der Waals surface area contributed by atoms with Crippen LogP contribution in [0.25, 0.3) is 0 Å². The zero-order chi connectivity index (χ0) is 9.40. The average molecular weight is 170 g/mol. The minimum Gasteiger partial charge on any atom is -0.354 e. The Morgan fingerprint density at radius 3 is 2.50 bits per heavy atom. The van der Waals surface area contributed by atoms with Gasteiger partial charge in [0.1, 0.15) is 0 Å². The van der Waals surface area contributed by atoms with Crippen LogP contribution in [-0.2, 0) is 4.79 Å². The highest BCUT2D eigenvalue weighted by Gasteiger charge is 2.22. The first kappa shape index (κ1) is 11.2. The summed E-state index contributed by atoms with van der Waals surface area (Å²) in [5, 5.41) is 2.69. The van der Waals surface area contributed by atoms with E-state index in [0.29, 0.717) is 0 Å². The van der Waals surface area contributed by atoms with Crippen molar-refractivity contribution in [3.63, 3.8) is 0 Å². The summed E-state index contributed by atoms with van der Waals surface area (Å²) in [7, 11) is 0. The third-order valence-corrected chi connectivity index (χ3v) is 1.85. The van der Waals surface area contributed by atoms with E-state index in [9.17, 15) is 4.79 Å². The lowest BCUT2D eigenvalue weighted by atomic mass is 10.2. The predicted molar refractivity (Wildman–Crippen MR) is 50.7 cm³/mol.